The first kappa shape index (κ1) is 11.6. The van der Waals surface area contributed by atoms with Crippen LogP contribution in [0.2, 0.25) is 0 Å². The van der Waals surface area contributed by atoms with Gasteiger partial charge in [0.25, 0.3) is 0 Å². The van der Waals surface area contributed by atoms with Crippen LogP contribution in [0.4, 0.5) is 0 Å². The van der Waals surface area contributed by atoms with Crippen LogP contribution in [0.15, 0.2) is 15.9 Å². The quantitative estimate of drug-likeness (QED) is 0.883. The molecule has 0 amide bonds. The lowest BCUT2D eigenvalue weighted by molar-refractivity contribution is 0.344. The summed E-state index contributed by atoms with van der Waals surface area (Å²) in [5.74, 6) is 0. The summed E-state index contributed by atoms with van der Waals surface area (Å²) in [6, 6.07) is 2.27. The minimum absolute atomic E-state index is 0.402. The molecule has 0 radical (unpaired) electrons. The van der Waals surface area contributed by atoms with Crippen LogP contribution < -0.4 is 5.32 Å². The van der Waals surface area contributed by atoms with Gasteiger partial charge in [0, 0.05) is 20.3 Å². The number of thiophene rings is 1. The monoisotopic (exact) mass is 287 g/mol. The molecule has 0 bridgehead atoms. The number of hydrogen-bond acceptors (Lipinski definition) is 2. The standard InChI is InChI=1S/C12H18BrNS/c1-2-4-12(5-3-6-14-12)8-11-7-10(13)9-15-11/h7,9,14H,2-6,8H2,1H3. The molecular formula is C12H18BrNS. The fourth-order valence-corrected chi connectivity index (χ4v) is 4.17. The molecule has 1 aliphatic heterocycles. The Bertz CT molecular complexity index is 315. The highest BCUT2D eigenvalue weighted by Crippen LogP contribution is 2.31. The number of hydrogen-bond donors (Lipinski definition) is 1. The molecule has 3 heteroatoms. The van der Waals surface area contributed by atoms with Crippen molar-refractivity contribution in [2.24, 2.45) is 0 Å². The Labute approximate surface area is 104 Å². The second kappa shape index (κ2) is 4.98. The zero-order valence-corrected chi connectivity index (χ0v) is 11.6. The van der Waals surface area contributed by atoms with Crippen molar-refractivity contribution in [1.82, 2.24) is 5.32 Å². The fraction of sp³-hybridized carbons (Fsp3) is 0.667. The topological polar surface area (TPSA) is 12.0 Å². The first-order valence-corrected chi connectivity index (χ1v) is 7.39. The molecule has 1 nitrogen and oxygen atoms in total. The highest BCUT2D eigenvalue weighted by molar-refractivity contribution is 9.10. The summed E-state index contributed by atoms with van der Waals surface area (Å²) in [5, 5.41) is 5.90. The lowest BCUT2D eigenvalue weighted by Crippen LogP contribution is -2.41. The molecule has 0 saturated carbocycles. The Morgan fingerprint density at radius 3 is 3.00 bits per heavy atom. The van der Waals surface area contributed by atoms with Gasteiger partial charge in [-0.25, -0.2) is 0 Å². The molecule has 2 heterocycles. The molecule has 0 spiro atoms. The highest BCUT2D eigenvalue weighted by atomic mass is 79.9. The van der Waals surface area contributed by atoms with Crippen molar-refractivity contribution < 1.29 is 0 Å². The average Bonchev–Trinajstić information content (AvgIpc) is 2.78. The van der Waals surface area contributed by atoms with Gasteiger partial charge in [-0.15, -0.1) is 11.3 Å². The molecule has 1 unspecified atom stereocenters. The van der Waals surface area contributed by atoms with Crippen LogP contribution >= 0.6 is 27.3 Å². The smallest absolute Gasteiger partial charge is 0.0285 e. The van der Waals surface area contributed by atoms with Crippen molar-refractivity contribution in [1.29, 1.82) is 0 Å². The van der Waals surface area contributed by atoms with Crippen LogP contribution in [0.25, 0.3) is 0 Å². The van der Waals surface area contributed by atoms with Gasteiger partial charge in [0.15, 0.2) is 0 Å². The molecule has 1 N–H and O–H groups in total. The third-order valence-electron chi connectivity index (χ3n) is 3.20. The Kier molecular flexibility index (Phi) is 3.86. The van der Waals surface area contributed by atoms with Crippen molar-refractivity contribution in [3.63, 3.8) is 0 Å². The Hall–Kier alpha value is 0.140. The molecule has 0 aromatic carbocycles. The zero-order chi connectivity index (χ0) is 10.7. The summed E-state index contributed by atoms with van der Waals surface area (Å²) < 4.78 is 1.23. The van der Waals surface area contributed by atoms with E-state index in [9.17, 15) is 0 Å². The van der Waals surface area contributed by atoms with E-state index in [1.54, 1.807) is 0 Å². The summed E-state index contributed by atoms with van der Waals surface area (Å²) in [6.07, 6.45) is 6.47. The van der Waals surface area contributed by atoms with E-state index < -0.39 is 0 Å². The highest BCUT2D eigenvalue weighted by Gasteiger charge is 2.32. The molecule has 0 aliphatic carbocycles. The van der Waals surface area contributed by atoms with E-state index in [0.29, 0.717) is 5.54 Å². The molecule has 1 atom stereocenters. The second-order valence-corrected chi connectivity index (χ2v) is 6.38. The summed E-state index contributed by atoms with van der Waals surface area (Å²) in [5.41, 5.74) is 0.402. The van der Waals surface area contributed by atoms with Crippen molar-refractivity contribution in [3.8, 4) is 0 Å². The molecular weight excluding hydrogens is 270 g/mol. The molecule has 84 valence electrons. The van der Waals surface area contributed by atoms with Gasteiger partial charge in [0.1, 0.15) is 0 Å². The lowest BCUT2D eigenvalue weighted by atomic mass is 9.88. The summed E-state index contributed by atoms with van der Waals surface area (Å²) in [4.78, 5) is 1.50. The Balaban J connectivity index is 2.06. The maximum Gasteiger partial charge on any atom is 0.0285 e. The zero-order valence-electron chi connectivity index (χ0n) is 9.18. The summed E-state index contributed by atoms with van der Waals surface area (Å²) in [6.45, 7) is 3.48. The maximum absolute atomic E-state index is 3.72. The lowest BCUT2D eigenvalue weighted by Gasteiger charge is -2.28. The SMILES string of the molecule is CCCC1(Cc2cc(Br)cs2)CCCN1. The van der Waals surface area contributed by atoms with Gasteiger partial charge in [-0.1, -0.05) is 13.3 Å². The van der Waals surface area contributed by atoms with E-state index in [4.69, 9.17) is 0 Å². The number of halogens is 1. The van der Waals surface area contributed by atoms with E-state index in [0.717, 1.165) is 0 Å². The van der Waals surface area contributed by atoms with E-state index in [-0.39, 0.29) is 0 Å². The first-order valence-electron chi connectivity index (χ1n) is 5.72. The van der Waals surface area contributed by atoms with Crippen LogP contribution in [0.1, 0.15) is 37.5 Å². The van der Waals surface area contributed by atoms with Crippen molar-refractivity contribution in [2.75, 3.05) is 6.54 Å². The minimum atomic E-state index is 0.402. The largest absolute Gasteiger partial charge is 0.311 e. The van der Waals surface area contributed by atoms with E-state index in [1.807, 2.05) is 11.3 Å². The van der Waals surface area contributed by atoms with Crippen LogP contribution in [-0.2, 0) is 6.42 Å². The molecule has 1 aromatic rings. The molecule has 1 aromatic heterocycles. The van der Waals surface area contributed by atoms with Gasteiger partial charge in [0.05, 0.1) is 0 Å². The van der Waals surface area contributed by atoms with E-state index in [1.165, 1.54) is 48.0 Å². The van der Waals surface area contributed by atoms with Crippen molar-refractivity contribution in [2.45, 2.75) is 44.6 Å². The number of rotatable bonds is 4. The van der Waals surface area contributed by atoms with Gasteiger partial charge in [-0.05, 0) is 54.2 Å². The van der Waals surface area contributed by atoms with Gasteiger partial charge in [0.2, 0.25) is 0 Å². The minimum Gasteiger partial charge on any atom is -0.311 e. The molecule has 1 aliphatic rings. The van der Waals surface area contributed by atoms with Gasteiger partial charge >= 0.3 is 0 Å². The average molecular weight is 288 g/mol. The maximum atomic E-state index is 3.72. The normalized spacial score (nSPS) is 26.0. The summed E-state index contributed by atoms with van der Waals surface area (Å²) >= 11 is 5.40. The third kappa shape index (κ3) is 2.83. The van der Waals surface area contributed by atoms with Crippen LogP contribution in [-0.4, -0.2) is 12.1 Å². The third-order valence-corrected chi connectivity index (χ3v) is 4.89. The Morgan fingerprint density at radius 1 is 1.60 bits per heavy atom. The van der Waals surface area contributed by atoms with E-state index >= 15 is 0 Å². The van der Waals surface area contributed by atoms with Crippen LogP contribution in [0.5, 0.6) is 0 Å². The van der Waals surface area contributed by atoms with Crippen molar-refractivity contribution >= 4 is 27.3 Å². The molecule has 15 heavy (non-hydrogen) atoms. The summed E-state index contributed by atoms with van der Waals surface area (Å²) in [7, 11) is 0. The number of nitrogens with one attached hydrogen (secondary N) is 1. The predicted molar refractivity (Wildman–Crippen MR) is 70.6 cm³/mol. The van der Waals surface area contributed by atoms with Gasteiger partial charge in [-0.2, -0.15) is 0 Å². The van der Waals surface area contributed by atoms with Crippen LogP contribution in [0, 0.1) is 0 Å². The molecule has 2 rings (SSSR count). The second-order valence-electron chi connectivity index (χ2n) is 4.47. The van der Waals surface area contributed by atoms with Gasteiger partial charge in [-0.3, -0.25) is 0 Å². The first-order chi connectivity index (χ1) is 7.24. The molecule has 1 saturated heterocycles. The van der Waals surface area contributed by atoms with Gasteiger partial charge < -0.3 is 5.32 Å². The Morgan fingerprint density at radius 2 is 2.47 bits per heavy atom. The van der Waals surface area contributed by atoms with Crippen LogP contribution in [0.3, 0.4) is 0 Å². The fourth-order valence-electron chi connectivity index (χ4n) is 2.58. The van der Waals surface area contributed by atoms with E-state index in [2.05, 4.69) is 39.6 Å². The molecule has 1 fully saturated rings. The predicted octanol–water partition coefficient (Wildman–Crippen LogP) is 3.98. The van der Waals surface area contributed by atoms with Crippen molar-refractivity contribution in [3.05, 3.63) is 20.8 Å².